The van der Waals surface area contributed by atoms with E-state index in [1.807, 2.05) is 19.9 Å². The molecule has 0 aromatic heterocycles. The van der Waals surface area contributed by atoms with Gasteiger partial charge in [0.15, 0.2) is 0 Å². The first-order valence-corrected chi connectivity index (χ1v) is 10.1. The van der Waals surface area contributed by atoms with Crippen LogP contribution in [0, 0.1) is 17.2 Å². The Bertz CT molecular complexity index is 547. The Balaban J connectivity index is 2.85. The minimum absolute atomic E-state index is 0.0648. The SMILES string of the molecule is CC(C)CN(CCC#N)S(=O)(=O)C1CCS(=O)(=O)CC1. The third-order valence-corrected chi connectivity index (χ3v) is 7.41. The summed E-state index contributed by atoms with van der Waals surface area (Å²) in [5, 5.41) is 8.01. The van der Waals surface area contributed by atoms with E-state index in [0.29, 0.717) is 6.54 Å². The molecule has 1 fully saturated rings. The fraction of sp³-hybridized carbons (Fsp3) is 0.917. The minimum atomic E-state index is -3.52. The van der Waals surface area contributed by atoms with Gasteiger partial charge in [-0.15, -0.1) is 0 Å². The third-order valence-electron chi connectivity index (χ3n) is 3.32. The van der Waals surface area contributed by atoms with E-state index >= 15 is 0 Å². The topological polar surface area (TPSA) is 95.3 Å². The summed E-state index contributed by atoms with van der Waals surface area (Å²) in [6, 6.07) is 1.96. The molecule has 116 valence electrons. The fourth-order valence-corrected chi connectivity index (χ4v) is 6.18. The van der Waals surface area contributed by atoms with Crippen LogP contribution in [0.2, 0.25) is 0 Å². The van der Waals surface area contributed by atoms with Gasteiger partial charge in [-0.2, -0.15) is 5.26 Å². The van der Waals surface area contributed by atoms with Gasteiger partial charge in [0, 0.05) is 19.5 Å². The summed E-state index contributed by atoms with van der Waals surface area (Å²) >= 11 is 0. The standard InChI is InChI=1S/C12H22N2O4S2/c1-11(2)10-14(7-3-6-13)20(17,18)12-4-8-19(15,16)9-5-12/h11-12H,3-5,7-10H2,1-2H3. The predicted octanol–water partition coefficient (Wildman–Crippen LogP) is 0.765. The van der Waals surface area contributed by atoms with E-state index in [4.69, 9.17) is 5.26 Å². The molecule has 0 amide bonds. The highest BCUT2D eigenvalue weighted by atomic mass is 32.2. The fourth-order valence-electron chi connectivity index (χ4n) is 2.28. The first kappa shape index (κ1) is 17.4. The molecule has 1 aliphatic heterocycles. The van der Waals surface area contributed by atoms with E-state index in [1.54, 1.807) is 0 Å². The van der Waals surface area contributed by atoms with E-state index in [0.717, 1.165) is 0 Å². The molecule has 0 bridgehead atoms. The molecule has 0 aromatic rings. The number of nitrogens with zero attached hydrogens (tertiary/aromatic N) is 2. The van der Waals surface area contributed by atoms with Crippen molar-refractivity contribution in [1.82, 2.24) is 4.31 Å². The van der Waals surface area contributed by atoms with Gasteiger partial charge in [-0.25, -0.2) is 21.1 Å². The van der Waals surface area contributed by atoms with Gasteiger partial charge in [0.2, 0.25) is 10.0 Å². The van der Waals surface area contributed by atoms with Crippen molar-refractivity contribution in [3.63, 3.8) is 0 Å². The molecule has 1 saturated heterocycles. The summed E-state index contributed by atoms with van der Waals surface area (Å²) in [7, 11) is -6.60. The van der Waals surface area contributed by atoms with E-state index < -0.39 is 25.1 Å². The van der Waals surface area contributed by atoms with Crippen molar-refractivity contribution in [2.75, 3.05) is 24.6 Å². The lowest BCUT2D eigenvalue weighted by Crippen LogP contribution is -2.44. The molecular formula is C12H22N2O4S2. The molecule has 0 aliphatic carbocycles. The van der Waals surface area contributed by atoms with Crippen LogP contribution in [-0.2, 0) is 19.9 Å². The zero-order chi connectivity index (χ0) is 15.4. The lowest BCUT2D eigenvalue weighted by Gasteiger charge is -2.30. The van der Waals surface area contributed by atoms with Crippen molar-refractivity contribution < 1.29 is 16.8 Å². The molecule has 0 N–H and O–H groups in total. The third kappa shape index (κ3) is 4.72. The van der Waals surface area contributed by atoms with Gasteiger partial charge < -0.3 is 0 Å². The molecule has 8 heteroatoms. The molecular weight excluding hydrogens is 300 g/mol. The van der Waals surface area contributed by atoms with Crippen molar-refractivity contribution in [2.24, 2.45) is 5.92 Å². The van der Waals surface area contributed by atoms with Crippen molar-refractivity contribution in [3.8, 4) is 6.07 Å². The quantitative estimate of drug-likeness (QED) is 0.719. The second-order valence-electron chi connectivity index (χ2n) is 5.56. The largest absolute Gasteiger partial charge is 0.229 e. The highest BCUT2D eigenvalue weighted by molar-refractivity contribution is 7.92. The minimum Gasteiger partial charge on any atom is -0.229 e. The highest BCUT2D eigenvalue weighted by Gasteiger charge is 2.36. The molecule has 0 aromatic carbocycles. The molecule has 1 heterocycles. The van der Waals surface area contributed by atoms with E-state index in [9.17, 15) is 16.8 Å². The molecule has 6 nitrogen and oxygen atoms in total. The number of sulfonamides is 1. The second-order valence-corrected chi connectivity index (χ2v) is 10.1. The maximum atomic E-state index is 12.6. The van der Waals surface area contributed by atoms with Crippen LogP contribution in [0.3, 0.4) is 0 Å². The van der Waals surface area contributed by atoms with Crippen LogP contribution in [-0.4, -0.2) is 51.0 Å². The first-order valence-electron chi connectivity index (χ1n) is 6.75. The Kier molecular flexibility index (Phi) is 5.98. The van der Waals surface area contributed by atoms with E-state index in [2.05, 4.69) is 0 Å². The van der Waals surface area contributed by atoms with E-state index in [1.165, 1.54) is 4.31 Å². The van der Waals surface area contributed by atoms with Crippen LogP contribution in [0.25, 0.3) is 0 Å². The van der Waals surface area contributed by atoms with Crippen LogP contribution >= 0.6 is 0 Å². The molecule has 0 saturated carbocycles. The second kappa shape index (κ2) is 6.87. The van der Waals surface area contributed by atoms with Crippen molar-refractivity contribution >= 4 is 19.9 Å². The maximum Gasteiger partial charge on any atom is 0.217 e. The molecule has 0 spiro atoms. The van der Waals surface area contributed by atoms with E-state index in [-0.39, 0.29) is 43.2 Å². The van der Waals surface area contributed by atoms with Crippen LogP contribution in [0.15, 0.2) is 0 Å². The number of sulfone groups is 1. The van der Waals surface area contributed by atoms with Crippen LogP contribution in [0.5, 0.6) is 0 Å². The summed E-state index contributed by atoms with van der Waals surface area (Å²) < 4.78 is 49.3. The molecule has 0 radical (unpaired) electrons. The maximum absolute atomic E-state index is 12.6. The Hall–Kier alpha value is -0.650. The normalized spacial score (nSPS) is 20.1. The molecule has 1 aliphatic rings. The monoisotopic (exact) mass is 322 g/mol. The predicted molar refractivity (Wildman–Crippen MR) is 77.2 cm³/mol. The van der Waals surface area contributed by atoms with Gasteiger partial charge in [-0.1, -0.05) is 13.8 Å². The summed E-state index contributed by atoms with van der Waals surface area (Å²) in [6.07, 6.45) is 0.467. The van der Waals surface area contributed by atoms with Crippen molar-refractivity contribution in [3.05, 3.63) is 0 Å². The Morgan fingerprint density at radius 1 is 1.30 bits per heavy atom. The number of hydrogen-bond donors (Lipinski definition) is 0. The number of hydrogen-bond acceptors (Lipinski definition) is 5. The van der Waals surface area contributed by atoms with Gasteiger partial charge in [0.25, 0.3) is 0 Å². The van der Waals surface area contributed by atoms with Crippen LogP contribution in [0.1, 0.15) is 33.1 Å². The molecule has 1 rings (SSSR count). The summed E-state index contributed by atoms with van der Waals surface area (Å²) in [5.41, 5.74) is 0. The van der Waals surface area contributed by atoms with Crippen LogP contribution in [0.4, 0.5) is 0 Å². The number of rotatable bonds is 6. The van der Waals surface area contributed by atoms with Crippen LogP contribution < -0.4 is 0 Å². The Morgan fingerprint density at radius 2 is 1.85 bits per heavy atom. The zero-order valence-electron chi connectivity index (χ0n) is 11.9. The summed E-state index contributed by atoms with van der Waals surface area (Å²) in [4.78, 5) is 0. The summed E-state index contributed by atoms with van der Waals surface area (Å²) in [6.45, 7) is 4.38. The van der Waals surface area contributed by atoms with Gasteiger partial charge in [-0.3, -0.25) is 0 Å². The lowest BCUT2D eigenvalue weighted by molar-refractivity contribution is 0.365. The van der Waals surface area contributed by atoms with Crippen molar-refractivity contribution in [2.45, 2.75) is 38.4 Å². The zero-order valence-corrected chi connectivity index (χ0v) is 13.6. The first-order chi connectivity index (χ1) is 9.19. The Labute approximate surface area is 121 Å². The van der Waals surface area contributed by atoms with Gasteiger partial charge in [0.1, 0.15) is 9.84 Å². The smallest absolute Gasteiger partial charge is 0.217 e. The molecule has 0 atom stereocenters. The average Bonchev–Trinajstić information content (AvgIpc) is 2.33. The van der Waals surface area contributed by atoms with Crippen molar-refractivity contribution in [1.29, 1.82) is 5.26 Å². The van der Waals surface area contributed by atoms with Gasteiger partial charge in [0.05, 0.1) is 22.8 Å². The van der Waals surface area contributed by atoms with Gasteiger partial charge in [-0.05, 0) is 18.8 Å². The molecule has 0 unspecified atom stereocenters. The number of nitriles is 1. The molecule has 20 heavy (non-hydrogen) atoms. The van der Waals surface area contributed by atoms with Gasteiger partial charge >= 0.3 is 0 Å². The highest BCUT2D eigenvalue weighted by Crippen LogP contribution is 2.23. The Morgan fingerprint density at radius 3 is 2.30 bits per heavy atom. The summed E-state index contributed by atoms with van der Waals surface area (Å²) in [5.74, 6) is 0.0331. The average molecular weight is 322 g/mol. The lowest BCUT2D eigenvalue weighted by atomic mass is 10.2.